The molecule has 0 spiro atoms. The number of benzene rings is 2. The van der Waals surface area contributed by atoms with Crippen molar-refractivity contribution in [1.82, 2.24) is 0 Å². The van der Waals surface area contributed by atoms with Crippen molar-refractivity contribution in [3.8, 4) is 23.0 Å². The van der Waals surface area contributed by atoms with Gasteiger partial charge in [-0.1, -0.05) is 0 Å². The highest BCUT2D eigenvalue weighted by molar-refractivity contribution is 6.22. The standard InChI is InChI=1S/C22H20O12/c1-6-13(23)15(25)16(26)22(31-6)32-10-5-8-12-11-7(21(28)34-19(12)17(10)30-3)4-9(29-2)14(24)18(11)33-20(8)27/h4-6,13,15-16,22-26H,1-3H3/t6-,13-,15+,16+,22-/m0/s1. The number of rotatable bonds is 4. The van der Waals surface area contributed by atoms with Crippen LogP contribution in [0, 0.1) is 0 Å². The largest absolute Gasteiger partial charge is 0.502 e. The van der Waals surface area contributed by atoms with Gasteiger partial charge in [0.05, 0.1) is 31.1 Å². The number of ether oxygens (including phenoxy) is 4. The second-order valence-corrected chi connectivity index (χ2v) is 7.92. The summed E-state index contributed by atoms with van der Waals surface area (Å²) in [6.45, 7) is 1.47. The number of methoxy groups -OCH3 is 2. The van der Waals surface area contributed by atoms with E-state index in [2.05, 4.69) is 0 Å². The number of aliphatic hydroxyl groups excluding tert-OH is 3. The van der Waals surface area contributed by atoms with E-state index in [1.165, 1.54) is 33.3 Å². The maximum absolute atomic E-state index is 12.9. The van der Waals surface area contributed by atoms with E-state index in [0.717, 1.165) is 0 Å². The van der Waals surface area contributed by atoms with Gasteiger partial charge in [0.2, 0.25) is 17.8 Å². The lowest BCUT2D eigenvalue weighted by Gasteiger charge is -2.39. The molecule has 4 N–H and O–H groups in total. The van der Waals surface area contributed by atoms with E-state index >= 15 is 0 Å². The van der Waals surface area contributed by atoms with Crippen molar-refractivity contribution < 1.29 is 48.2 Å². The van der Waals surface area contributed by atoms with Crippen LogP contribution in [0.25, 0.3) is 32.7 Å². The molecule has 12 heteroatoms. The summed E-state index contributed by atoms with van der Waals surface area (Å²) in [5.41, 5.74) is -2.16. The number of aromatic hydroxyl groups is 1. The Bertz CT molecular complexity index is 1520. The third-order valence-electron chi connectivity index (χ3n) is 5.98. The van der Waals surface area contributed by atoms with Crippen LogP contribution in [0.1, 0.15) is 6.92 Å². The molecule has 0 bridgehead atoms. The summed E-state index contributed by atoms with van der Waals surface area (Å²) < 4.78 is 32.4. The van der Waals surface area contributed by atoms with Crippen LogP contribution in [-0.2, 0) is 4.74 Å². The van der Waals surface area contributed by atoms with Crippen molar-refractivity contribution in [3.05, 3.63) is 33.0 Å². The Morgan fingerprint density at radius 3 is 2.03 bits per heavy atom. The molecule has 0 saturated carbocycles. The summed E-state index contributed by atoms with van der Waals surface area (Å²) in [5.74, 6) is -0.834. The SMILES string of the molecule is COc1cc2c(=O)oc3c(OC)c(O[C@@H]4O[C@@H](C)[C@H](O)[C@@H](O)[C@H]4O)cc4c(=O)oc(c1O)c2c34. The lowest BCUT2D eigenvalue weighted by Crippen LogP contribution is -2.58. The number of phenols is 1. The van der Waals surface area contributed by atoms with Crippen molar-refractivity contribution in [3.63, 3.8) is 0 Å². The Labute approximate surface area is 189 Å². The van der Waals surface area contributed by atoms with E-state index in [0.29, 0.717) is 0 Å². The summed E-state index contributed by atoms with van der Waals surface area (Å²) in [5, 5.41) is 41.0. The van der Waals surface area contributed by atoms with Crippen molar-refractivity contribution in [2.75, 3.05) is 14.2 Å². The number of phenolic OH excluding ortho intramolecular Hbond substituents is 1. The average Bonchev–Trinajstić information content (AvgIpc) is 2.81. The first-order valence-corrected chi connectivity index (χ1v) is 10.2. The van der Waals surface area contributed by atoms with E-state index in [1.54, 1.807) is 0 Å². The van der Waals surface area contributed by atoms with Crippen molar-refractivity contribution in [2.45, 2.75) is 37.6 Å². The molecule has 4 aromatic rings. The van der Waals surface area contributed by atoms with Crippen LogP contribution in [0.2, 0.25) is 0 Å². The van der Waals surface area contributed by atoms with Gasteiger partial charge < -0.3 is 48.2 Å². The van der Waals surface area contributed by atoms with Crippen molar-refractivity contribution >= 4 is 32.7 Å². The molecule has 0 radical (unpaired) electrons. The van der Waals surface area contributed by atoms with Crippen LogP contribution in [0.4, 0.5) is 0 Å². The molecule has 5 atom stereocenters. The van der Waals surface area contributed by atoms with E-state index in [9.17, 15) is 30.0 Å². The quantitative estimate of drug-likeness (QED) is 0.236. The highest BCUT2D eigenvalue weighted by Gasteiger charge is 2.43. The van der Waals surface area contributed by atoms with E-state index < -0.39 is 47.7 Å². The normalized spacial score (nSPS) is 25.3. The van der Waals surface area contributed by atoms with Gasteiger partial charge in [-0.15, -0.1) is 0 Å². The average molecular weight is 476 g/mol. The van der Waals surface area contributed by atoms with Gasteiger partial charge in [0.1, 0.15) is 18.3 Å². The molecule has 1 aliphatic rings. The second kappa shape index (κ2) is 7.74. The number of hydrogen-bond donors (Lipinski definition) is 4. The predicted molar refractivity (Wildman–Crippen MR) is 115 cm³/mol. The number of aliphatic hydroxyl groups is 3. The Balaban J connectivity index is 1.79. The molecular weight excluding hydrogens is 456 g/mol. The zero-order valence-corrected chi connectivity index (χ0v) is 18.1. The maximum atomic E-state index is 12.9. The molecule has 180 valence electrons. The van der Waals surface area contributed by atoms with Crippen LogP contribution in [0.3, 0.4) is 0 Å². The third-order valence-corrected chi connectivity index (χ3v) is 5.98. The van der Waals surface area contributed by atoms with Gasteiger partial charge in [-0.25, -0.2) is 9.59 Å². The molecule has 12 nitrogen and oxygen atoms in total. The van der Waals surface area contributed by atoms with Crippen LogP contribution >= 0.6 is 0 Å². The zero-order valence-electron chi connectivity index (χ0n) is 18.1. The van der Waals surface area contributed by atoms with Gasteiger partial charge in [0, 0.05) is 10.8 Å². The van der Waals surface area contributed by atoms with Crippen LogP contribution < -0.4 is 25.5 Å². The topological polar surface area (TPSA) is 178 Å². The zero-order chi connectivity index (χ0) is 24.5. The second-order valence-electron chi connectivity index (χ2n) is 7.92. The first-order chi connectivity index (χ1) is 16.2. The molecule has 0 amide bonds. The minimum absolute atomic E-state index is 0.00130. The molecule has 0 unspecified atom stereocenters. The summed E-state index contributed by atoms with van der Waals surface area (Å²) in [6.07, 6.45) is -6.90. The minimum Gasteiger partial charge on any atom is -0.502 e. The molecule has 2 aromatic carbocycles. The molecule has 1 saturated heterocycles. The molecule has 2 aromatic heterocycles. The predicted octanol–water partition coefficient (Wildman–Crippen LogP) is 0.419. The van der Waals surface area contributed by atoms with Gasteiger partial charge in [-0.3, -0.25) is 0 Å². The summed E-state index contributed by atoms with van der Waals surface area (Å²) in [7, 11) is 2.54. The van der Waals surface area contributed by atoms with Gasteiger partial charge in [-0.2, -0.15) is 0 Å². The Kier molecular flexibility index (Phi) is 5.06. The fraction of sp³-hybridized carbons (Fsp3) is 0.364. The molecular formula is C22H20O12. The molecule has 5 rings (SSSR count). The minimum atomic E-state index is -1.64. The van der Waals surface area contributed by atoms with Gasteiger partial charge in [-0.05, 0) is 19.1 Å². The Morgan fingerprint density at radius 2 is 1.41 bits per heavy atom. The molecule has 1 aliphatic heterocycles. The fourth-order valence-electron chi connectivity index (χ4n) is 4.22. The van der Waals surface area contributed by atoms with Gasteiger partial charge >= 0.3 is 11.3 Å². The number of hydrogen-bond acceptors (Lipinski definition) is 12. The Hall–Kier alpha value is -3.58. The molecule has 34 heavy (non-hydrogen) atoms. The summed E-state index contributed by atoms with van der Waals surface area (Å²) in [6, 6.07) is 2.50. The molecule has 1 fully saturated rings. The Morgan fingerprint density at radius 1 is 0.824 bits per heavy atom. The molecule has 0 aliphatic carbocycles. The van der Waals surface area contributed by atoms with E-state index in [-0.39, 0.29) is 50.0 Å². The van der Waals surface area contributed by atoms with Gasteiger partial charge in [0.15, 0.2) is 22.7 Å². The van der Waals surface area contributed by atoms with E-state index in [1.807, 2.05) is 0 Å². The summed E-state index contributed by atoms with van der Waals surface area (Å²) >= 11 is 0. The third kappa shape index (κ3) is 3.00. The highest BCUT2D eigenvalue weighted by Crippen LogP contribution is 2.46. The lowest BCUT2D eigenvalue weighted by atomic mass is 10.00. The monoisotopic (exact) mass is 476 g/mol. The lowest BCUT2D eigenvalue weighted by molar-refractivity contribution is -0.268. The van der Waals surface area contributed by atoms with Crippen LogP contribution in [0.15, 0.2) is 30.6 Å². The fourth-order valence-corrected chi connectivity index (χ4v) is 4.22. The first-order valence-electron chi connectivity index (χ1n) is 10.2. The molecule has 3 heterocycles. The first kappa shape index (κ1) is 22.2. The smallest absolute Gasteiger partial charge is 0.344 e. The van der Waals surface area contributed by atoms with Crippen molar-refractivity contribution in [2.24, 2.45) is 0 Å². The van der Waals surface area contributed by atoms with Crippen LogP contribution in [0.5, 0.6) is 23.0 Å². The summed E-state index contributed by atoms with van der Waals surface area (Å²) in [4.78, 5) is 25.7. The van der Waals surface area contributed by atoms with Crippen LogP contribution in [-0.4, -0.2) is 65.4 Å². The van der Waals surface area contributed by atoms with Crippen molar-refractivity contribution in [1.29, 1.82) is 0 Å². The van der Waals surface area contributed by atoms with E-state index in [4.69, 9.17) is 27.8 Å². The maximum Gasteiger partial charge on any atom is 0.344 e. The highest BCUT2D eigenvalue weighted by atomic mass is 16.7. The van der Waals surface area contributed by atoms with Gasteiger partial charge in [0.25, 0.3) is 0 Å².